The Morgan fingerprint density at radius 2 is 1.88 bits per heavy atom. The van der Waals surface area contributed by atoms with Crippen LogP contribution < -0.4 is 10.6 Å². The second-order valence-corrected chi connectivity index (χ2v) is 6.48. The summed E-state index contributed by atoms with van der Waals surface area (Å²) in [5.41, 5.74) is 0.995. The number of nitrogens with one attached hydrogen (secondary N) is 2. The quantitative estimate of drug-likeness (QED) is 0.289. The van der Waals surface area contributed by atoms with Crippen LogP contribution in [0.25, 0.3) is 11.0 Å². The van der Waals surface area contributed by atoms with Gasteiger partial charge in [-0.3, -0.25) is 0 Å². The number of guanidine groups is 1. The number of aliphatic hydroxyl groups is 1. The smallest absolute Gasteiger partial charge is 0.191 e. The van der Waals surface area contributed by atoms with E-state index in [1.165, 1.54) is 0 Å². The third-order valence-corrected chi connectivity index (χ3v) is 4.99. The van der Waals surface area contributed by atoms with E-state index in [1.54, 1.807) is 0 Å². The first-order valence-corrected chi connectivity index (χ1v) is 9.27. The first-order chi connectivity index (χ1) is 12.2. The summed E-state index contributed by atoms with van der Waals surface area (Å²) in [5.74, 6) is 1.64. The summed E-state index contributed by atoms with van der Waals surface area (Å²) in [6.07, 6.45) is 2.86. The van der Waals surface area contributed by atoms with Gasteiger partial charge in [-0.15, -0.1) is 24.0 Å². The summed E-state index contributed by atoms with van der Waals surface area (Å²) in [7, 11) is 0. The van der Waals surface area contributed by atoms with Gasteiger partial charge in [-0.25, -0.2) is 4.99 Å². The number of aliphatic hydroxyl groups excluding tert-OH is 1. The number of para-hydroxylation sites is 1. The molecule has 3 N–H and O–H groups in total. The van der Waals surface area contributed by atoms with Gasteiger partial charge in [-0.2, -0.15) is 0 Å². The van der Waals surface area contributed by atoms with Crippen LogP contribution in [0.3, 0.4) is 0 Å². The fraction of sp³-hybridized carbons (Fsp3) is 0.550. The second kappa shape index (κ2) is 11.4. The first-order valence-electron chi connectivity index (χ1n) is 9.27. The molecule has 0 spiro atoms. The topological polar surface area (TPSA) is 69.8 Å². The zero-order chi connectivity index (χ0) is 18.1. The molecule has 1 aromatic carbocycles. The number of benzene rings is 1. The van der Waals surface area contributed by atoms with E-state index in [2.05, 4.69) is 36.4 Å². The Morgan fingerprint density at radius 1 is 1.15 bits per heavy atom. The maximum atomic E-state index is 9.37. The van der Waals surface area contributed by atoms with Crippen LogP contribution in [0.5, 0.6) is 0 Å². The predicted octanol–water partition coefficient (Wildman–Crippen LogP) is 4.29. The van der Waals surface area contributed by atoms with Gasteiger partial charge in [0.05, 0.1) is 0 Å². The van der Waals surface area contributed by atoms with E-state index in [4.69, 9.17) is 4.42 Å². The van der Waals surface area contributed by atoms with Crippen molar-refractivity contribution in [3.05, 3.63) is 36.1 Å². The summed E-state index contributed by atoms with van der Waals surface area (Å²) in [5, 5.41) is 17.2. The Morgan fingerprint density at radius 3 is 2.50 bits per heavy atom. The molecule has 0 amide bonds. The molecule has 1 heterocycles. The maximum absolute atomic E-state index is 9.37. The Kier molecular flexibility index (Phi) is 10.0. The molecule has 2 rings (SSSR count). The zero-order valence-electron chi connectivity index (χ0n) is 16.0. The minimum atomic E-state index is 0. The Balaban J connectivity index is 0.00000338. The summed E-state index contributed by atoms with van der Waals surface area (Å²) >= 11 is 0. The van der Waals surface area contributed by atoms with Crippen LogP contribution in [-0.4, -0.2) is 30.8 Å². The number of furan rings is 1. The van der Waals surface area contributed by atoms with Crippen LogP contribution in [-0.2, 0) is 6.54 Å². The van der Waals surface area contributed by atoms with Crippen LogP contribution in [0, 0.1) is 5.41 Å². The fourth-order valence-electron chi connectivity index (χ4n) is 3.06. The van der Waals surface area contributed by atoms with Gasteiger partial charge in [0.2, 0.25) is 0 Å². The normalized spacial score (nSPS) is 12.1. The van der Waals surface area contributed by atoms with Gasteiger partial charge >= 0.3 is 0 Å². The van der Waals surface area contributed by atoms with E-state index >= 15 is 0 Å². The minimum Gasteiger partial charge on any atom is -0.459 e. The van der Waals surface area contributed by atoms with Crippen molar-refractivity contribution in [3.8, 4) is 0 Å². The maximum Gasteiger partial charge on any atom is 0.191 e. The van der Waals surface area contributed by atoms with Crippen molar-refractivity contribution in [1.29, 1.82) is 0 Å². The highest BCUT2D eigenvalue weighted by Gasteiger charge is 2.25. The summed E-state index contributed by atoms with van der Waals surface area (Å²) in [6, 6.07) is 10.0. The number of nitrogens with zero attached hydrogens (tertiary/aromatic N) is 1. The molecule has 0 radical (unpaired) electrons. The lowest BCUT2D eigenvalue weighted by molar-refractivity contribution is 0.169. The van der Waals surface area contributed by atoms with E-state index in [0.717, 1.165) is 55.0 Å². The van der Waals surface area contributed by atoms with Crippen LogP contribution >= 0.6 is 24.0 Å². The van der Waals surface area contributed by atoms with Gasteiger partial charge in [-0.05, 0) is 43.7 Å². The molecule has 0 fully saturated rings. The highest BCUT2D eigenvalue weighted by molar-refractivity contribution is 14.0. The molecule has 0 aliphatic rings. The van der Waals surface area contributed by atoms with E-state index < -0.39 is 0 Å². The lowest BCUT2D eigenvalue weighted by atomic mass is 9.79. The molecule has 1 aromatic heterocycles. The van der Waals surface area contributed by atoms with Crippen LogP contribution in [0.2, 0.25) is 0 Å². The average Bonchev–Trinajstić information content (AvgIpc) is 3.06. The molecule has 146 valence electrons. The number of hydrogen-bond donors (Lipinski definition) is 3. The Bertz CT molecular complexity index is 648. The molecular weight excluding hydrogens is 441 g/mol. The van der Waals surface area contributed by atoms with Crippen molar-refractivity contribution in [2.45, 2.75) is 46.6 Å². The molecule has 26 heavy (non-hydrogen) atoms. The number of fused-ring (bicyclic) bond motifs is 1. The molecule has 0 unspecified atom stereocenters. The van der Waals surface area contributed by atoms with Gasteiger partial charge < -0.3 is 20.2 Å². The fourth-order valence-corrected chi connectivity index (χ4v) is 3.06. The number of aliphatic imine (C=N–C) groups is 1. The van der Waals surface area contributed by atoms with Gasteiger partial charge in [0, 0.05) is 25.1 Å². The van der Waals surface area contributed by atoms with Crippen molar-refractivity contribution in [3.63, 3.8) is 0 Å². The first kappa shape index (κ1) is 22.8. The Hall–Kier alpha value is -1.28. The largest absolute Gasteiger partial charge is 0.459 e. The van der Waals surface area contributed by atoms with Crippen LogP contribution in [0.1, 0.15) is 45.8 Å². The van der Waals surface area contributed by atoms with Crippen molar-refractivity contribution < 1.29 is 9.52 Å². The SMILES string of the molecule is CCNC(=NCc1cc2ccccc2o1)NCC(CC)(CC)CCO.I. The van der Waals surface area contributed by atoms with Crippen LogP contribution in [0.4, 0.5) is 0 Å². The molecule has 0 aliphatic heterocycles. The number of rotatable bonds is 9. The van der Waals surface area contributed by atoms with Crippen molar-refractivity contribution >= 4 is 40.9 Å². The average molecular weight is 473 g/mol. The monoisotopic (exact) mass is 473 g/mol. The molecule has 0 atom stereocenters. The second-order valence-electron chi connectivity index (χ2n) is 6.48. The molecule has 6 heteroatoms. The van der Waals surface area contributed by atoms with Crippen LogP contribution in [0.15, 0.2) is 39.7 Å². The van der Waals surface area contributed by atoms with E-state index in [1.807, 2.05) is 30.3 Å². The highest BCUT2D eigenvalue weighted by atomic mass is 127. The lowest BCUT2D eigenvalue weighted by Gasteiger charge is -2.32. The van der Waals surface area contributed by atoms with Gasteiger partial charge in [0.25, 0.3) is 0 Å². The molecule has 5 nitrogen and oxygen atoms in total. The van der Waals surface area contributed by atoms with Gasteiger partial charge in [0.1, 0.15) is 17.9 Å². The van der Waals surface area contributed by atoms with Crippen molar-refractivity contribution in [2.24, 2.45) is 10.4 Å². The van der Waals surface area contributed by atoms with E-state index in [0.29, 0.717) is 6.54 Å². The van der Waals surface area contributed by atoms with Gasteiger partial charge in [-0.1, -0.05) is 32.0 Å². The molecule has 0 saturated heterocycles. The summed E-state index contributed by atoms with van der Waals surface area (Å²) in [6.45, 7) is 8.73. The standard InChI is InChI=1S/C20H31N3O2.HI/c1-4-20(5-2,11-12-24)15-23-19(21-6-3)22-14-17-13-16-9-7-8-10-18(16)25-17;/h7-10,13,24H,4-6,11-12,14-15H2,1-3H3,(H2,21,22,23);1H. The molecular formula is C20H32IN3O2. The third kappa shape index (κ3) is 6.16. The zero-order valence-corrected chi connectivity index (χ0v) is 18.4. The summed E-state index contributed by atoms with van der Waals surface area (Å²) < 4.78 is 5.83. The van der Waals surface area contributed by atoms with E-state index in [-0.39, 0.29) is 36.0 Å². The minimum absolute atomic E-state index is 0. The number of halogens is 1. The number of hydrogen-bond acceptors (Lipinski definition) is 3. The molecule has 0 aliphatic carbocycles. The van der Waals surface area contributed by atoms with Crippen molar-refractivity contribution in [1.82, 2.24) is 10.6 Å². The Labute approximate surface area is 173 Å². The third-order valence-electron chi connectivity index (χ3n) is 4.99. The lowest BCUT2D eigenvalue weighted by Crippen LogP contribution is -2.43. The molecule has 0 bridgehead atoms. The summed E-state index contributed by atoms with van der Waals surface area (Å²) in [4.78, 5) is 4.65. The van der Waals surface area contributed by atoms with Gasteiger partial charge in [0.15, 0.2) is 5.96 Å². The highest BCUT2D eigenvalue weighted by Crippen LogP contribution is 2.29. The van der Waals surface area contributed by atoms with Crippen molar-refractivity contribution in [2.75, 3.05) is 19.7 Å². The predicted molar refractivity (Wildman–Crippen MR) is 119 cm³/mol. The molecule has 2 aromatic rings. The molecule has 0 saturated carbocycles. The van der Waals surface area contributed by atoms with E-state index in [9.17, 15) is 5.11 Å².